The summed E-state index contributed by atoms with van der Waals surface area (Å²) < 4.78 is 33.1. The summed E-state index contributed by atoms with van der Waals surface area (Å²) in [6.07, 6.45) is 17.6. The molecule has 0 aromatic heterocycles. The van der Waals surface area contributed by atoms with Crippen molar-refractivity contribution in [2.75, 3.05) is 39.6 Å². The number of nitrogens with zero attached hydrogens (tertiary/aromatic N) is 2. The molecule has 54 heavy (non-hydrogen) atoms. The molecular formula is C44H46N2O8. The van der Waals surface area contributed by atoms with Gasteiger partial charge in [-0.1, -0.05) is 11.8 Å². The van der Waals surface area contributed by atoms with Gasteiger partial charge in [-0.3, -0.25) is 0 Å². The van der Waals surface area contributed by atoms with Crippen molar-refractivity contribution in [3.8, 4) is 47.7 Å². The van der Waals surface area contributed by atoms with E-state index in [1.807, 2.05) is 48.5 Å². The van der Waals surface area contributed by atoms with E-state index in [1.54, 1.807) is 48.5 Å². The van der Waals surface area contributed by atoms with Crippen LogP contribution < -0.4 is 18.9 Å². The van der Waals surface area contributed by atoms with E-state index in [9.17, 15) is 9.59 Å². The smallest absolute Gasteiger partial charge is 0.338 e. The molecule has 4 aromatic carbocycles. The van der Waals surface area contributed by atoms with E-state index >= 15 is 0 Å². The van der Waals surface area contributed by atoms with Crippen LogP contribution in [0.5, 0.6) is 23.0 Å². The number of unbranched alkanes of at least 4 members (excludes halogenated alkanes) is 6. The first-order valence-electron chi connectivity index (χ1n) is 18.1. The predicted molar refractivity (Wildman–Crippen MR) is 207 cm³/mol. The van der Waals surface area contributed by atoms with Gasteiger partial charge >= 0.3 is 11.9 Å². The van der Waals surface area contributed by atoms with Crippen molar-refractivity contribution in [1.29, 1.82) is 0 Å². The van der Waals surface area contributed by atoms with Gasteiger partial charge < -0.3 is 28.4 Å². The molecule has 10 heteroatoms. The maximum absolute atomic E-state index is 12.2. The molecule has 0 heterocycles. The number of azo groups is 1. The number of esters is 2. The Labute approximate surface area is 317 Å². The minimum Gasteiger partial charge on any atom is -0.494 e. The fourth-order valence-corrected chi connectivity index (χ4v) is 4.95. The van der Waals surface area contributed by atoms with Crippen LogP contribution in [-0.2, 0) is 9.47 Å². The molecule has 0 radical (unpaired) electrons. The van der Waals surface area contributed by atoms with Crippen molar-refractivity contribution in [2.24, 2.45) is 10.2 Å². The summed E-state index contributed by atoms with van der Waals surface area (Å²) in [6, 6.07) is 28.4. The molecule has 0 N–H and O–H groups in total. The molecule has 4 aromatic rings. The van der Waals surface area contributed by atoms with Crippen molar-refractivity contribution in [3.63, 3.8) is 0 Å². The van der Waals surface area contributed by atoms with Crippen molar-refractivity contribution in [1.82, 2.24) is 0 Å². The number of benzene rings is 4. The third-order valence-corrected chi connectivity index (χ3v) is 7.86. The first kappa shape index (κ1) is 40.5. The molecule has 0 saturated carbocycles. The lowest BCUT2D eigenvalue weighted by Crippen LogP contribution is -2.06. The number of rotatable bonds is 24. The summed E-state index contributed by atoms with van der Waals surface area (Å²) in [7, 11) is 0. The zero-order chi connectivity index (χ0) is 38.1. The first-order chi connectivity index (χ1) is 26.5. The fourth-order valence-electron chi connectivity index (χ4n) is 4.95. The van der Waals surface area contributed by atoms with Gasteiger partial charge in [0.2, 0.25) is 0 Å². The highest BCUT2D eigenvalue weighted by Crippen LogP contribution is 2.24. The molecule has 0 bridgehead atoms. The normalized spacial score (nSPS) is 10.6. The Morgan fingerprint density at radius 3 is 1.09 bits per heavy atom. The van der Waals surface area contributed by atoms with Gasteiger partial charge in [-0.2, -0.15) is 10.2 Å². The Bertz CT molecular complexity index is 1670. The highest BCUT2D eigenvalue weighted by atomic mass is 16.5. The molecule has 0 aliphatic carbocycles. The number of hydrogen-bond donors (Lipinski definition) is 0. The second-order valence-electron chi connectivity index (χ2n) is 12.0. The highest BCUT2D eigenvalue weighted by Gasteiger charge is 2.08. The minimum absolute atomic E-state index is 0.184. The number of terminal acetylenes is 2. The molecule has 0 aliphatic rings. The number of carbonyl (C=O) groups excluding carboxylic acids is 2. The van der Waals surface area contributed by atoms with Gasteiger partial charge in [-0.15, -0.1) is 12.8 Å². The average Bonchev–Trinajstić information content (AvgIpc) is 3.21. The Kier molecular flexibility index (Phi) is 18.1. The van der Waals surface area contributed by atoms with Gasteiger partial charge in [-0.05, 0) is 148 Å². The van der Waals surface area contributed by atoms with Gasteiger partial charge in [0.15, 0.2) is 0 Å². The second-order valence-corrected chi connectivity index (χ2v) is 12.0. The van der Waals surface area contributed by atoms with Crippen LogP contribution in [0.3, 0.4) is 0 Å². The minimum atomic E-state index is -0.351. The summed E-state index contributed by atoms with van der Waals surface area (Å²) in [5.74, 6) is 6.87. The fraction of sp³-hybridized carbons (Fsp3) is 0.318. The monoisotopic (exact) mass is 730 g/mol. The molecule has 280 valence electrons. The Hall–Kier alpha value is -6.26. The average molecular weight is 731 g/mol. The topological polar surface area (TPSA) is 114 Å². The van der Waals surface area contributed by atoms with Crippen LogP contribution in [0, 0.1) is 24.7 Å². The second kappa shape index (κ2) is 24.1. The van der Waals surface area contributed by atoms with Crippen LogP contribution in [0.1, 0.15) is 72.1 Å². The van der Waals surface area contributed by atoms with Gasteiger partial charge in [0.25, 0.3) is 0 Å². The van der Waals surface area contributed by atoms with E-state index in [-0.39, 0.29) is 25.2 Å². The summed E-state index contributed by atoms with van der Waals surface area (Å²) in [4.78, 5) is 24.4. The molecule has 4 rings (SSSR count). The third-order valence-electron chi connectivity index (χ3n) is 7.86. The van der Waals surface area contributed by atoms with Crippen LogP contribution >= 0.6 is 0 Å². The molecule has 0 saturated heterocycles. The van der Waals surface area contributed by atoms with Crippen LogP contribution in [0.4, 0.5) is 11.4 Å². The van der Waals surface area contributed by atoms with Crippen molar-refractivity contribution in [3.05, 3.63) is 108 Å². The molecule has 10 nitrogen and oxygen atoms in total. The van der Waals surface area contributed by atoms with Crippen LogP contribution in [0.25, 0.3) is 0 Å². The zero-order valence-electron chi connectivity index (χ0n) is 30.5. The Balaban J connectivity index is 0.993. The number of carbonyl (C=O) groups is 2. The van der Waals surface area contributed by atoms with Gasteiger partial charge in [0.05, 0.1) is 48.9 Å². The van der Waals surface area contributed by atoms with Crippen molar-refractivity contribution in [2.45, 2.75) is 51.4 Å². The summed E-state index contributed by atoms with van der Waals surface area (Å²) >= 11 is 0. The summed E-state index contributed by atoms with van der Waals surface area (Å²) in [6.45, 7) is 2.31. The van der Waals surface area contributed by atoms with Crippen molar-refractivity contribution < 1.29 is 38.0 Å². The molecule has 0 aliphatic heterocycles. The summed E-state index contributed by atoms with van der Waals surface area (Å²) in [5, 5.41) is 8.64. The molecule has 0 atom stereocenters. The Morgan fingerprint density at radius 2 is 0.741 bits per heavy atom. The van der Waals surface area contributed by atoms with E-state index in [0.717, 1.165) is 74.2 Å². The SMILES string of the molecule is C#CCOc1ccc(C(=O)OCCCCCCOc2ccc(N=Nc3ccc(OCCCCCCOC(=O)c4ccc(OCC#C)cc4)cc3)cc2)cc1. The Morgan fingerprint density at radius 1 is 0.426 bits per heavy atom. The predicted octanol–water partition coefficient (Wildman–Crippen LogP) is 9.72. The van der Waals surface area contributed by atoms with E-state index in [4.69, 9.17) is 41.3 Å². The standard InChI is InChI=1S/C44H46N2O8/c1-3-29-49-39-21-13-35(14-22-39)43(47)53-33-11-7-5-9-31-51-41-25-17-37(18-26-41)45-46-38-19-27-42(28-20-38)52-32-10-6-8-12-34-54-44(48)36-15-23-40(24-16-36)50-30-4-2/h1-2,13-28H,5-12,29-34H2. The molecule has 0 fully saturated rings. The number of ether oxygens (including phenoxy) is 6. The number of hydrogen-bond acceptors (Lipinski definition) is 10. The lowest BCUT2D eigenvalue weighted by Gasteiger charge is -2.08. The maximum Gasteiger partial charge on any atom is 0.338 e. The van der Waals surface area contributed by atoms with E-state index < -0.39 is 0 Å². The van der Waals surface area contributed by atoms with E-state index in [0.29, 0.717) is 49.1 Å². The van der Waals surface area contributed by atoms with Gasteiger partial charge in [-0.25, -0.2) is 9.59 Å². The third kappa shape index (κ3) is 15.5. The quantitative estimate of drug-likeness (QED) is 0.0303. The zero-order valence-corrected chi connectivity index (χ0v) is 30.5. The molecular weight excluding hydrogens is 684 g/mol. The molecule has 0 unspecified atom stereocenters. The van der Waals surface area contributed by atoms with E-state index in [2.05, 4.69) is 22.1 Å². The lowest BCUT2D eigenvalue weighted by atomic mass is 10.2. The molecule has 0 spiro atoms. The lowest BCUT2D eigenvalue weighted by molar-refractivity contribution is 0.0488. The first-order valence-corrected chi connectivity index (χ1v) is 18.1. The van der Waals surface area contributed by atoms with Crippen LogP contribution in [0.2, 0.25) is 0 Å². The van der Waals surface area contributed by atoms with Gasteiger partial charge in [0, 0.05) is 0 Å². The maximum atomic E-state index is 12.2. The van der Waals surface area contributed by atoms with Crippen molar-refractivity contribution >= 4 is 23.3 Å². The van der Waals surface area contributed by atoms with Gasteiger partial charge in [0.1, 0.15) is 36.2 Å². The van der Waals surface area contributed by atoms with E-state index in [1.165, 1.54) is 0 Å². The van der Waals surface area contributed by atoms with Crippen LogP contribution in [0.15, 0.2) is 107 Å². The molecule has 0 amide bonds. The summed E-state index contributed by atoms with van der Waals surface area (Å²) in [5.41, 5.74) is 2.41. The largest absolute Gasteiger partial charge is 0.494 e. The highest BCUT2D eigenvalue weighted by molar-refractivity contribution is 5.90. The van der Waals surface area contributed by atoms with Crippen LogP contribution in [-0.4, -0.2) is 51.6 Å².